The minimum absolute atomic E-state index is 0.401. The minimum Gasteiger partial charge on any atom is -0.467 e. The van der Waals surface area contributed by atoms with E-state index >= 15 is 0 Å². The zero-order valence-corrected chi connectivity index (χ0v) is 12.1. The summed E-state index contributed by atoms with van der Waals surface area (Å²) in [5, 5.41) is 0. The topological polar surface area (TPSA) is 63.7 Å². The maximum atomic E-state index is 11.6. The molecule has 0 radical (unpaired) electrons. The molecule has 0 fully saturated rings. The summed E-state index contributed by atoms with van der Waals surface area (Å²) in [4.78, 5) is 35.1. The number of benzene rings is 1. The molecule has 0 heterocycles. The van der Waals surface area contributed by atoms with Gasteiger partial charge in [-0.3, -0.25) is 4.79 Å². The molecule has 1 rings (SSSR count). The second kappa shape index (κ2) is 6.84. The van der Waals surface area contributed by atoms with E-state index in [1.54, 1.807) is 6.92 Å². The van der Waals surface area contributed by atoms with E-state index in [1.165, 1.54) is 7.11 Å². The van der Waals surface area contributed by atoms with Crippen LogP contribution in [0.3, 0.4) is 0 Å². The summed E-state index contributed by atoms with van der Waals surface area (Å²) in [5.41, 5.74) is 2.99. The van der Waals surface area contributed by atoms with Crippen molar-refractivity contribution in [3.05, 3.63) is 34.9 Å². The van der Waals surface area contributed by atoms with Gasteiger partial charge >= 0.3 is 5.97 Å². The number of nitrogens with zero attached hydrogens (tertiary/aromatic N) is 1. The van der Waals surface area contributed by atoms with Gasteiger partial charge in [0.2, 0.25) is 6.41 Å². The molecular formula is C15H19NO4. The lowest BCUT2D eigenvalue weighted by atomic mass is 9.98. The van der Waals surface area contributed by atoms with Crippen LogP contribution in [0.25, 0.3) is 0 Å². The Bertz CT molecular complexity index is 513. The molecule has 2 atom stereocenters. The Morgan fingerprint density at radius 2 is 1.95 bits per heavy atom. The van der Waals surface area contributed by atoms with Crippen molar-refractivity contribution in [3.8, 4) is 0 Å². The molecule has 1 amide bonds. The molecule has 0 aromatic heterocycles. The highest BCUT2D eigenvalue weighted by atomic mass is 16.5. The third kappa shape index (κ3) is 3.23. The number of rotatable bonds is 6. The summed E-state index contributed by atoms with van der Waals surface area (Å²) < 4.78 is 4.55. The molecule has 1 aromatic rings. The number of carbonyl (C=O) groups is 3. The predicted octanol–water partition coefficient (Wildman–Crippen LogP) is 1.56. The number of amides is 1. The fourth-order valence-corrected chi connectivity index (χ4v) is 2.22. The summed E-state index contributed by atoms with van der Waals surface area (Å²) in [5.74, 6) is -0.747. The first-order valence-corrected chi connectivity index (χ1v) is 6.29. The quantitative estimate of drug-likeness (QED) is 0.450. The normalized spacial score (nSPS) is 13.2. The second-order valence-corrected chi connectivity index (χ2v) is 4.69. The van der Waals surface area contributed by atoms with E-state index in [4.69, 9.17) is 0 Å². The number of methoxy groups -OCH3 is 1. The zero-order valence-electron chi connectivity index (χ0n) is 12.1. The molecule has 0 saturated heterocycles. The van der Waals surface area contributed by atoms with Crippen LogP contribution in [-0.4, -0.2) is 36.7 Å². The molecule has 0 spiro atoms. The summed E-state index contributed by atoms with van der Waals surface area (Å²) in [7, 11) is 1.18. The van der Waals surface area contributed by atoms with E-state index in [1.807, 2.05) is 32.0 Å². The molecule has 0 aliphatic carbocycles. The Morgan fingerprint density at radius 1 is 1.30 bits per heavy atom. The largest absolute Gasteiger partial charge is 0.467 e. The Labute approximate surface area is 118 Å². The molecule has 108 valence electrons. The smallest absolute Gasteiger partial charge is 0.336 e. The highest BCUT2D eigenvalue weighted by Gasteiger charge is 2.30. The van der Waals surface area contributed by atoms with Gasteiger partial charge in [0, 0.05) is 0 Å². The summed E-state index contributed by atoms with van der Waals surface area (Å²) in [6, 6.07) is 4.18. The Hall–Kier alpha value is -2.17. The molecule has 5 nitrogen and oxygen atoms in total. The lowest BCUT2D eigenvalue weighted by molar-refractivity contribution is -0.152. The van der Waals surface area contributed by atoms with Crippen LogP contribution < -0.4 is 0 Å². The van der Waals surface area contributed by atoms with E-state index in [0.717, 1.165) is 21.6 Å². The van der Waals surface area contributed by atoms with Crippen LogP contribution in [0.4, 0.5) is 0 Å². The third-order valence-corrected chi connectivity index (χ3v) is 3.34. The SMILES string of the molecule is COC(=O)C(C=O)N(C=O)C(C)c1ccc(C)cc1C. The second-order valence-electron chi connectivity index (χ2n) is 4.69. The van der Waals surface area contributed by atoms with Gasteiger partial charge in [-0.1, -0.05) is 23.8 Å². The van der Waals surface area contributed by atoms with Gasteiger partial charge in [0.25, 0.3) is 0 Å². The van der Waals surface area contributed by atoms with Gasteiger partial charge < -0.3 is 14.4 Å². The number of carbonyl (C=O) groups excluding carboxylic acids is 3. The van der Waals surface area contributed by atoms with Crippen LogP contribution in [0.5, 0.6) is 0 Å². The lowest BCUT2D eigenvalue weighted by Crippen LogP contribution is -2.43. The van der Waals surface area contributed by atoms with Crippen molar-refractivity contribution in [1.82, 2.24) is 4.90 Å². The number of esters is 1. The van der Waals surface area contributed by atoms with E-state index < -0.39 is 18.1 Å². The molecule has 0 aliphatic rings. The van der Waals surface area contributed by atoms with E-state index in [9.17, 15) is 14.4 Å². The monoisotopic (exact) mass is 277 g/mol. The number of aldehydes is 1. The Morgan fingerprint density at radius 3 is 2.40 bits per heavy atom. The van der Waals surface area contributed by atoms with Gasteiger partial charge in [0.15, 0.2) is 12.3 Å². The summed E-state index contributed by atoms with van der Waals surface area (Å²) in [6.45, 7) is 5.67. The lowest BCUT2D eigenvalue weighted by Gasteiger charge is -2.29. The predicted molar refractivity (Wildman–Crippen MR) is 74.1 cm³/mol. The molecule has 0 bridgehead atoms. The van der Waals surface area contributed by atoms with Crippen molar-refractivity contribution in [2.45, 2.75) is 32.9 Å². The Balaban J connectivity index is 3.13. The molecule has 0 saturated carbocycles. The van der Waals surface area contributed by atoms with Crippen molar-refractivity contribution in [3.63, 3.8) is 0 Å². The van der Waals surface area contributed by atoms with E-state index in [0.29, 0.717) is 12.7 Å². The molecular weight excluding hydrogens is 258 g/mol. The van der Waals surface area contributed by atoms with Gasteiger partial charge in [-0.05, 0) is 31.9 Å². The first-order valence-electron chi connectivity index (χ1n) is 6.29. The molecule has 1 aromatic carbocycles. The van der Waals surface area contributed by atoms with Gasteiger partial charge in [-0.15, -0.1) is 0 Å². The van der Waals surface area contributed by atoms with Crippen LogP contribution in [-0.2, 0) is 19.1 Å². The fourth-order valence-electron chi connectivity index (χ4n) is 2.22. The zero-order chi connectivity index (χ0) is 15.3. The van der Waals surface area contributed by atoms with E-state index in [-0.39, 0.29) is 0 Å². The Kier molecular flexibility index (Phi) is 5.43. The van der Waals surface area contributed by atoms with Gasteiger partial charge in [-0.2, -0.15) is 0 Å². The molecule has 20 heavy (non-hydrogen) atoms. The van der Waals surface area contributed by atoms with Crippen molar-refractivity contribution in [1.29, 1.82) is 0 Å². The molecule has 0 aliphatic heterocycles. The van der Waals surface area contributed by atoms with Crippen molar-refractivity contribution < 1.29 is 19.1 Å². The summed E-state index contributed by atoms with van der Waals surface area (Å²) in [6.07, 6.45) is 0.917. The fraction of sp³-hybridized carbons (Fsp3) is 0.400. The number of hydrogen-bond donors (Lipinski definition) is 0. The van der Waals surface area contributed by atoms with Crippen LogP contribution in [0.1, 0.15) is 29.7 Å². The van der Waals surface area contributed by atoms with Crippen molar-refractivity contribution in [2.75, 3.05) is 7.11 Å². The maximum absolute atomic E-state index is 11.6. The van der Waals surface area contributed by atoms with E-state index in [2.05, 4.69) is 4.74 Å². The van der Waals surface area contributed by atoms with Crippen LogP contribution in [0.15, 0.2) is 18.2 Å². The van der Waals surface area contributed by atoms with Gasteiger partial charge in [0.05, 0.1) is 13.2 Å². The van der Waals surface area contributed by atoms with Crippen LogP contribution in [0, 0.1) is 13.8 Å². The number of hydrogen-bond acceptors (Lipinski definition) is 4. The highest BCUT2D eigenvalue weighted by molar-refractivity contribution is 5.94. The third-order valence-electron chi connectivity index (χ3n) is 3.34. The number of aryl methyl sites for hydroxylation is 2. The molecule has 2 unspecified atom stereocenters. The van der Waals surface area contributed by atoms with Gasteiger partial charge in [-0.25, -0.2) is 4.79 Å². The van der Waals surface area contributed by atoms with Crippen LogP contribution >= 0.6 is 0 Å². The average Bonchev–Trinajstić information content (AvgIpc) is 2.43. The summed E-state index contributed by atoms with van der Waals surface area (Å²) >= 11 is 0. The minimum atomic E-state index is -1.23. The van der Waals surface area contributed by atoms with Crippen molar-refractivity contribution in [2.24, 2.45) is 0 Å². The first-order chi connectivity index (χ1) is 9.46. The van der Waals surface area contributed by atoms with Crippen molar-refractivity contribution >= 4 is 18.7 Å². The number of ether oxygens (including phenoxy) is 1. The standard InChI is InChI=1S/C15H19NO4/c1-10-5-6-13(11(2)7-10)12(3)16(9-18)14(8-17)15(19)20-4/h5-9,12,14H,1-4H3. The van der Waals surface area contributed by atoms with Crippen LogP contribution in [0.2, 0.25) is 0 Å². The first kappa shape index (κ1) is 15.9. The van der Waals surface area contributed by atoms with Gasteiger partial charge in [0.1, 0.15) is 0 Å². The maximum Gasteiger partial charge on any atom is 0.336 e. The molecule has 5 heteroatoms. The average molecular weight is 277 g/mol. The molecule has 0 N–H and O–H groups in total. The highest BCUT2D eigenvalue weighted by Crippen LogP contribution is 2.24.